The maximum Gasteiger partial charge on any atom is 0.339 e. The van der Waals surface area contributed by atoms with Crippen LogP contribution < -0.4 is 16.6 Å². The van der Waals surface area contributed by atoms with Gasteiger partial charge in [-0.15, -0.1) is 0 Å². The molecule has 2 rings (SSSR count). The van der Waals surface area contributed by atoms with Gasteiger partial charge in [-0.1, -0.05) is 0 Å². The van der Waals surface area contributed by atoms with E-state index in [2.05, 4.69) is 10.3 Å². The van der Waals surface area contributed by atoms with Gasteiger partial charge in [0.2, 0.25) is 5.91 Å². The van der Waals surface area contributed by atoms with Crippen LogP contribution in [0.2, 0.25) is 0 Å². The van der Waals surface area contributed by atoms with E-state index in [-0.39, 0.29) is 29.3 Å². The fraction of sp³-hybridized carbons (Fsp3) is 0.250. The number of carboxylic acids is 1. The zero-order valence-electron chi connectivity index (χ0n) is 13.2. The number of nitrogens with one attached hydrogen (secondary N) is 2. The van der Waals surface area contributed by atoms with Gasteiger partial charge < -0.3 is 20.1 Å². The molecule has 0 fully saturated rings. The first-order chi connectivity index (χ1) is 11.9. The van der Waals surface area contributed by atoms with Gasteiger partial charge in [0.1, 0.15) is 11.3 Å². The molecular weight excluding hydrogens is 330 g/mol. The summed E-state index contributed by atoms with van der Waals surface area (Å²) in [6, 6.07) is 5.02. The Bertz CT molecular complexity index is 899. The van der Waals surface area contributed by atoms with Crippen molar-refractivity contribution in [1.29, 1.82) is 0 Å². The molecule has 0 aliphatic carbocycles. The van der Waals surface area contributed by atoms with E-state index in [9.17, 15) is 24.3 Å². The molecule has 0 saturated carbocycles. The van der Waals surface area contributed by atoms with Crippen LogP contribution in [0.5, 0.6) is 5.75 Å². The molecule has 1 amide bonds. The minimum atomic E-state index is -1.29. The van der Waals surface area contributed by atoms with Crippen LogP contribution in [-0.2, 0) is 11.3 Å². The Labute approximate surface area is 141 Å². The van der Waals surface area contributed by atoms with E-state index in [1.54, 1.807) is 0 Å². The lowest BCUT2D eigenvalue weighted by Crippen LogP contribution is -2.28. The number of hydrogen-bond donors (Lipinski definition) is 4. The molecule has 2 aromatic rings. The van der Waals surface area contributed by atoms with Gasteiger partial charge in [-0.25, -0.2) is 9.59 Å². The Morgan fingerprint density at radius 1 is 1.16 bits per heavy atom. The van der Waals surface area contributed by atoms with Crippen molar-refractivity contribution < 1.29 is 19.8 Å². The molecule has 9 heteroatoms. The molecule has 1 aromatic carbocycles. The second kappa shape index (κ2) is 7.95. The van der Waals surface area contributed by atoms with Crippen molar-refractivity contribution in [2.75, 3.05) is 5.32 Å². The number of rotatable bonds is 7. The fourth-order valence-corrected chi connectivity index (χ4v) is 2.20. The number of aromatic amines is 1. The SMILES string of the molecule is O=C(CCCCn1ccc(=O)[nH]c1=O)Nc1ccc(O)c(C(=O)O)c1. The Hall–Kier alpha value is -3.36. The molecule has 0 radical (unpaired) electrons. The number of carboxylic acid groups (broad SMARTS) is 1. The van der Waals surface area contributed by atoms with E-state index in [1.165, 1.54) is 35.0 Å². The molecule has 0 bridgehead atoms. The Morgan fingerprint density at radius 2 is 1.92 bits per heavy atom. The number of anilines is 1. The first-order valence-electron chi connectivity index (χ1n) is 7.53. The largest absolute Gasteiger partial charge is 0.507 e. The van der Waals surface area contributed by atoms with Crippen LogP contribution in [0, 0.1) is 0 Å². The lowest BCUT2D eigenvalue weighted by molar-refractivity contribution is -0.116. The Balaban J connectivity index is 1.83. The minimum absolute atomic E-state index is 0.182. The Kier molecular flexibility index (Phi) is 5.72. The van der Waals surface area contributed by atoms with Gasteiger partial charge in [0.15, 0.2) is 0 Å². The van der Waals surface area contributed by atoms with Crippen LogP contribution >= 0.6 is 0 Å². The Morgan fingerprint density at radius 3 is 2.60 bits per heavy atom. The highest BCUT2D eigenvalue weighted by atomic mass is 16.4. The predicted molar refractivity (Wildman–Crippen MR) is 88.9 cm³/mol. The number of carbonyl (C=O) groups excluding carboxylic acids is 1. The van der Waals surface area contributed by atoms with Crippen LogP contribution in [0.15, 0.2) is 40.1 Å². The quantitative estimate of drug-likeness (QED) is 0.430. The summed E-state index contributed by atoms with van der Waals surface area (Å²) >= 11 is 0. The van der Waals surface area contributed by atoms with Crippen molar-refractivity contribution in [2.45, 2.75) is 25.8 Å². The van der Waals surface area contributed by atoms with E-state index < -0.39 is 17.2 Å². The summed E-state index contributed by atoms with van der Waals surface area (Å²) in [5.41, 5.74) is -0.982. The number of aromatic nitrogens is 2. The number of nitrogens with zero attached hydrogens (tertiary/aromatic N) is 1. The zero-order valence-corrected chi connectivity index (χ0v) is 13.2. The molecule has 0 saturated heterocycles. The van der Waals surface area contributed by atoms with Crippen molar-refractivity contribution in [1.82, 2.24) is 9.55 Å². The molecule has 0 atom stereocenters. The van der Waals surface area contributed by atoms with Crippen molar-refractivity contribution in [2.24, 2.45) is 0 Å². The highest BCUT2D eigenvalue weighted by Crippen LogP contribution is 2.21. The summed E-state index contributed by atoms with van der Waals surface area (Å²) in [7, 11) is 0. The summed E-state index contributed by atoms with van der Waals surface area (Å²) < 4.78 is 1.35. The third-order valence-electron chi connectivity index (χ3n) is 3.46. The fourth-order valence-electron chi connectivity index (χ4n) is 2.20. The van der Waals surface area contributed by atoms with Crippen LogP contribution in [0.1, 0.15) is 29.6 Å². The maximum atomic E-state index is 11.9. The zero-order chi connectivity index (χ0) is 18.4. The number of aryl methyl sites for hydroxylation is 1. The van der Waals surface area contributed by atoms with Crippen molar-refractivity contribution in [3.63, 3.8) is 0 Å². The van der Waals surface area contributed by atoms with Crippen molar-refractivity contribution in [3.05, 3.63) is 56.9 Å². The van der Waals surface area contributed by atoms with Gasteiger partial charge in [-0.3, -0.25) is 14.6 Å². The molecule has 0 aliphatic rings. The molecule has 0 unspecified atom stereocenters. The normalized spacial score (nSPS) is 10.4. The number of carbonyl (C=O) groups is 2. The summed E-state index contributed by atoms with van der Waals surface area (Å²) in [6.45, 7) is 0.366. The summed E-state index contributed by atoms with van der Waals surface area (Å²) in [6.07, 6.45) is 2.63. The number of H-pyrrole nitrogens is 1. The first-order valence-corrected chi connectivity index (χ1v) is 7.53. The molecular formula is C16H17N3O6. The number of aromatic hydroxyl groups is 1. The standard InChI is InChI=1S/C16H17N3O6/c20-12-5-4-10(9-11(12)15(23)24)17-13(21)3-1-2-7-19-8-6-14(22)18-16(19)25/h4-6,8-9,20H,1-3,7H2,(H,17,21)(H,23,24)(H,18,22,25). The first kappa shape index (κ1) is 18.0. The average Bonchev–Trinajstić information content (AvgIpc) is 2.54. The van der Waals surface area contributed by atoms with Crippen molar-refractivity contribution in [3.8, 4) is 5.75 Å². The second-order valence-corrected chi connectivity index (χ2v) is 5.35. The van der Waals surface area contributed by atoms with E-state index in [1.807, 2.05) is 0 Å². The molecule has 9 nitrogen and oxygen atoms in total. The average molecular weight is 347 g/mol. The van der Waals surface area contributed by atoms with Gasteiger partial charge >= 0.3 is 11.7 Å². The van der Waals surface area contributed by atoms with Gasteiger partial charge in [0.25, 0.3) is 5.56 Å². The third-order valence-corrected chi connectivity index (χ3v) is 3.46. The number of hydrogen-bond acceptors (Lipinski definition) is 5. The highest BCUT2D eigenvalue weighted by Gasteiger charge is 2.11. The van der Waals surface area contributed by atoms with Gasteiger partial charge in [0, 0.05) is 30.9 Å². The summed E-state index contributed by atoms with van der Waals surface area (Å²) in [5.74, 6) is -1.98. The lowest BCUT2D eigenvalue weighted by atomic mass is 10.1. The minimum Gasteiger partial charge on any atom is -0.507 e. The molecule has 1 aromatic heterocycles. The van der Waals surface area contributed by atoms with Gasteiger partial charge in [-0.05, 0) is 31.0 Å². The molecule has 4 N–H and O–H groups in total. The summed E-state index contributed by atoms with van der Waals surface area (Å²) in [4.78, 5) is 47.4. The number of aromatic carboxylic acids is 1. The highest BCUT2D eigenvalue weighted by molar-refractivity contribution is 5.95. The third kappa shape index (κ3) is 5.06. The van der Waals surface area contributed by atoms with Crippen LogP contribution in [0.4, 0.5) is 5.69 Å². The molecule has 25 heavy (non-hydrogen) atoms. The van der Waals surface area contributed by atoms with Crippen LogP contribution in [-0.4, -0.2) is 31.6 Å². The number of phenols is 1. The topological polar surface area (TPSA) is 141 Å². The van der Waals surface area contributed by atoms with Crippen LogP contribution in [0.3, 0.4) is 0 Å². The second-order valence-electron chi connectivity index (χ2n) is 5.35. The maximum absolute atomic E-state index is 11.9. The number of benzene rings is 1. The lowest BCUT2D eigenvalue weighted by Gasteiger charge is -2.08. The smallest absolute Gasteiger partial charge is 0.339 e. The van der Waals surface area contributed by atoms with E-state index >= 15 is 0 Å². The molecule has 1 heterocycles. The van der Waals surface area contributed by atoms with Gasteiger partial charge in [0.05, 0.1) is 0 Å². The number of unbranched alkanes of at least 4 members (excludes halogenated alkanes) is 1. The molecule has 0 spiro atoms. The monoisotopic (exact) mass is 347 g/mol. The summed E-state index contributed by atoms with van der Waals surface area (Å²) in [5, 5.41) is 20.9. The molecule has 132 valence electrons. The van der Waals surface area contributed by atoms with Crippen LogP contribution in [0.25, 0.3) is 0 Å². The van der Waals surface area contributed by atoms with E-state index in [0.717, 1.165) is 0 Å². The van der Waals surface area contributed by atoms with E-state index in [0.29, 0.717) is 19.4 Å². The van der Waals surface area contributed by atoms with E-state index in [4.69, 9.17) is 5.11 Å². The van der Waals surface area contributed by atoms with Crippen molar-refractivity contribution >= 4 is 17.6 Å². The predicted octanol–water partition coefficient (Wildman–Crippen LogP) is 0.749. The van der Waals surface area contributed by atoms with Gasteiger partial charge in [-0.2, -0.15) is 0 Å². The number of amides is 1. The molecule has 0 aliphatic heterocycles.